The van der Waals surface area contributed by atoms with E-state index in [1.165, 1.54) is 28.8 Å². The number of benzene rings is 3. The molecule has 0 saturated heterocycles. The van der Waals surface area contributed by atoms with E-state index >= 15 is 0 Å². The van der Waals surface area contributed by atoms with E-state index in [-0.39, 0.29) is 5.82 Å². The average Bonchev–Trinajstić information content (AvgIpc) is 2.67. The first-order chi connectivity index (χ1) is 12.7. The summed E-state index contributed by atoms with van der Waals surface area (Å²) in [6.07, 6.45) is 0.887. The molecular formula is C23H24FNO. The molecule has 0 aromatic heterocycles. The molecule has 3 heteroatoms. The van der Waals surface area contributed by atoms with E-state index in [1.807, 2.05) is 36.4 Å². The van der Waals surface area contributed by atoms with Gasteiger partial charge < -0.3 is 10.1 Å². The number of rotatable bonds is 8. The molecule has 0 unspecified atom stereocenters. The van der Waals surface area contributed by atoms with Gasteiger partial charge in [0.15, 0.2) is 0 Å². The molecule has 0 aliphatic heterocycles. The lowest BCUT2D eigenvalue weighted by Gasteiger charge is -2.10. The van der Waals surface area contributed by atoms with Crippen molar-refractivity contribution < 1.29 is 9.13 Å². The van der Waals surface area contributed by atoms with Gasteiger partial charge >= 0.3 is 0 Å². The highest BCUT2D eigenvalue weighted by Crippen LogP contribution is 2.16. The van der Waals surface area contributed by atoms with E-state index in [9.17, 15) is 4.39 Å². The van der Waals surface area contributed by atoms with Crippen LogP contribution in [0, 0.1) is 12.7 Å². The van der Waals surface area contributed by atoms with Gasteiger partial charge in [0.25, 0.3) is 0 Å². The molecule has 0 radical (unpaired) electrons. The van der Waals surface area contributed by atoms with Crippen molar-refractivity contribution in [3.63, 3.8) is 0 Å². The average molecular weight is 349 g/mol. The first kappa shape index (κ1) is 18.2. The highest BCUT2D eigenvalue weighted by Gasteiger charge is 2.00. The van der Waals surface area contributed by atoms with Crippen LogP contribution in [-0.2, 0) is 19.6 Å². The zero-order valence-electron chi connectivity index (χ0n) is 15.0. The standard InChI is InChI=1S/C23H24FNO/c1-18-4-2-3-5-21(18)17-26-23-12-8-20(9-13-23)16-25-15-14-19-6-10-22(24)11-7-19/h2-13,25H,14-17H2,1H3. The van der Waals surface area contributed by atoms with Gasteiger partial charge in [-0.1, -0.05) is 48.5 Å². The number of hydrogen-bond acceptors (Lipinski definition) is 2. The normalized spacial score (nSPS) is 10.7. The van der Waals surface area contributed by atoms with Crippen LogP contribution in [-0.4, -0.2) is 6.54 Å². The summed E-state index contributed by atoms with van der Waals surface area (Å²) in [6, 6.07) is 23.1. The van der Waals surface area contributed by atoms with Crippen molar-refractivity contribution in [2.45, 2.75) is 26.5 Å². The Hall–Kier alpha value is -2.65. The van der Waals surface area contributed by atoms with Crippen molar-refractivity contribution in [3.8, 4) is 5.75 Å². The van der Waals surface area contributed by atoms with Crippen LogP contribution in [0.3, 0.4) is 0 Å². The van der Waals surface area contributed by atoms with Crippen molar-refractivity contribution in [1.29, 1.82) is 0 Å². The van der Waals surface area contributed by atoms with E-state index in [0.29, 0.717) is 6.61 Å². The van der Waals surface area contributed by atoms with Crippen molar-refractivity contribution in [3.05, 3.63) is 101 Å². The summed E-state index contributed by atoms with van der Waals surface area (Å²) in [6.45, 7) is 4.35. The Morgan fingerprint density at radius 3 is 2.27 bits per heavy atom. The van der Waals surface area contributed by atoms with Crippen molar-refractivity contribution in [2.24, 2.45) is 0 Å². The Morgan fingerprint density at radius 1 is 0.846 bits per heavy atom. The van der Waals surface area contributed by atoms with Gasteiger partial charge in [0.2, 0.25) is 0 Å². The van der Waals surface area contributed by atoms with E-state index in [0.717, 1.165) is 30.8 Å². The summed E-state index contributed by atoms with van der Waals surface area (Å²) in [7, 11) is 0. The largest absolute Gasteiger partial charge is 0.489 e. The van der Waals surface area contributed by atoms with E-state index in [2.05, 4.69) is 36.5 Å². The van der Waals surface area contributed by atoms with Crippen LogP contribution >= 0.6 is 0 Å². The fourth-order valence-electron chi connectivity index (χ4n) is 2.75. The van der Waals surface area contributed by atoms with Crippen LogP contribution in [0.2, 0.25) is 0 Å². The smallest absolute Gasteiger partial charge is 0.123 e. The van der Waals surface area contributed by atoms with E-state index in [4.69, 9.17) is 4.74 Å². The summed E-state index contributed by atoms with van der Waals surface area (Å²) >= 11 is 0. The Morgan fingerprint density at radius 2 is 1.54 bits per heavy atom. The number of aryl methyl sites for hydroxylation is 1. The summed E-state index contributed by atoms with van der Waals surface area (Å²) in [4.78, 5) is 0. The lowest BCUT2D eigenvalue weighted by molar-refractivity contribution is 0.305. The van der Waals surface area contributed by atoms with Crippen LogP contribution in [0.25, 0.3) is 0 Å². The molecule has 0 amide bonds. The predicted octanol–water partition coefficient (Wildman–Crippen LogP) is 5.05. The molecule has 0 heterocycles. The maximum absolute atomic E-state index is 12.9. The lowest BCUT2D eigenvalue weighted by atomic mass is 10.1. The van der Waals surface area contributed by atoms with Gasteiger partial charge in [0.05, 0.1) is 0 Å². The van der Waals surface area contributed by atoms with Crippen LogP contribution < -0.4 is 10.1 Å². The Labute approximate surface area is 154 Å². The first-order valence-electron chi connectivity index (χ1n) is 8.92. The van der Waals surface area contributed by atoms with Crippen LogP contribution in [0.1, 0.15) is 22.3 Å². The number of ether oxygens (including phenoxy) is 1. The summed E-state index contributed by atoms with van der Waals surface area (Å²) in [5, 5.41) is 3.41. The molecule has 0 aliphatic rings. The van der Waals surface area contributed by atoms with Crippen molar-refractivity contribution in [2.75, 3.05) is 6.54 Å². The minimum Gasteiger partial charge on any atom is -0.489 e. The second-order valence-corrected chi connectivity index (χ2v) is 6.41. The number of halogens is 1. The minimum atomic E-state index is -0.188. The molecule has 0 saturated carbocycles. The monoisotopic (exact) mass is 349 g/mol. The van der Waals surface area contributed by atoms with Crippen LogP contribution in [0.15, 0.2) is 72.8 Å². The first-order valence-corrected chi connectivity index (χ1v) is 8.92. The second-order valence-electron chi connectivity index (χ2n) is 6.41. The maximum Gasteiger partial charge on any atom is 0.123 e. The van der Waals surface area contributed by atoms with E-state index in [1.54, 1.807) is 0 Å². The summed E-state index contributed by atoms with van der Waals surface area (Å²) in [5.41, 5.74) is 4.81. The van der Waals surface area contributed by atoms with Crippen LogP contribution in [0.5, 0.6) is 5.75 Å². The molecule has 1 N–H and O–H groups in total. The Kier molecular flexibility index (Phi) is 6.39. The van der Waals surface area contributed by atoms with Gasteiger partial charge in [-0.2, -0.15) is 0 Å². The lowest BCUT2D eigenvalue weighted by Crippen LogP contribution is -2.16. The highest BCUT2D eigenvalue weighted by molar-refractivity contribution is 5.29. The van der Waals surface area contributed by atoms with E-state index < -0.39 is 0 Å². The number of nitrogens with one attached hydrogen (secondary N) is 1. The van der Waals surface area contributed by atoms with Gasteiger partial charge in [-0.05, 0) is 66.4 Å². The third-order valence-electron chi connectivity index (χ3n) is 4.41. The zero-order chi connectivity index (χ0) is 18.2. The minimum absolute atomic E-state index is 0.188. The fourth-order valence-corrected chi connectivity index (χ4v) is 2.75. The van der Waals surface area contributed by atoms with Crippen molar-refractivity contribution >= 4 is 0 Å². The third kappa shape index (κ3) is 5.43. The van der Waals surface area contributed by atoms with Gasteiger partial charge in [-0.25, -0.2) is 4.39 Å². The molecule has 26 heavy (non-hydrogen) atoms. The van der Waals surface area contributed by atoms with Gasteiger partial charge in [-0.3, -0.25) is 0 Å². The molecule has 3 rings (SSSR count). The maximum atomic E-state index is 12.9. The molecule has 0 aliphatic carbocycles. The molecule has 0 bridgehead atoms. The van der Waals surface area contributed by atoms with Gasteiger partial charge in [0, 0.05) is 6.54 Å². The molecule has 134 valence electrons. The highest BCUT2D eigenvalue weighted by atomic mass is 19.1. The molecule has 0 atom stereocenters. The fraction of sp³-hybridized carbons (Fsp3) is 0.217. The Balaban J connectivity index is 1.41. The van der Waals surface area contributed by atoms with Crippen LogP contribution in [0.4, 0.5) is 4.39 Å². The topological polar surface area (TPSA) is 21.3 Å². The molecule has 3 aromatic rings. The zero-order valence-corrected chi connectivity index (χ0v) is 15.0. The molecule has 0 fully saturated rings. The number of hydrogen-bond donors (Lipinski definition) is 1. The van der Waals surface area contributed by atoms with Crippen molar-refractivity contribution in [1.82, 2.24) is 5.32 Å². The SMILES string of the molecule is Cc1ccccc1COc1ccc(CNCCc2ccc(F)cc2)cc1. The third-order valence-corrected chi connectivity index (χ3v) is 4.41. The second kappa shape index (κ2) is 9.16. The molecule has 2 nitrogen and oxygen atoms in total. The predicted molar refractivity (Wildman–Crippen MR) is 104 cm³/mol. The van der Waals surface area contributed by atoms with Gasteiger partial charge in [-0.15, -0.1) is 0 Å². The van der Waals surface area contributed by atoms with Gasteiger partial charge in [0.1, 0.15) is 18.2 Å². The molecule has 3 aromatic carbocycles. The Bertz CT molecular complexity index is 812. The summed E-state index contributed by atoms with van der Waals surface area (Å²) < 4.78 is 18.7. The summed E-state index contributed by atoms with van der Waals surface area (Å²) in [5.74, 6) is 0.690. The molecule has 0 spiro atoms. The quantitative estimate of drug-likeness (QED) is 0.575. The molecular weight excluding hydrogens is 325 g/mol.